The van der Waals surface area contributed by atoms with E-state index in [2.05, 4.69) is 0 Å². The molecule has 0 bridgehead atoms. The fourth-order valence-electron chi connectivity index (χ4n) is 1.81. The molecule has 1 aromatic rings. The first-order valence-corrected chi connectivity index (χ1v) is 6.73. The molecular weight excluding hydrogens is 258 g/mol. The predicted molar refractivity (Wildman–Crippen MR) is 77.3 cm³/mol. The van der Waals surface area contributed by atoms with Crippen molar-refractivity contribution in [3.05, 3.63) is 29.8 Å². The van der Waals surface area contributed by atoms with Gasteiger partial charge >= 0.3 is 0 Å². The summed E-state index contributed by atoms with van der Waals surface area (Å²) in [6.45, 7) is 4.46. The van der Waals surface area contributed by atoms with E-state index in [0.717, 1.165) is 0 Å². The van der Waals surface area contributed by atoms with E-state index in [4.69, 9.17) is 14.2 Å². The molecule has 112 valence electrons. The molecule has 0 saturated carbocycles. The third-order valence-corrected chi connectivity index (χ3v) is 2.84. The summed E-state index contributed by atoms with van der Waals surface area (Å²) in [5.41, 5.74) is 0.571. The third-order valence-electron chi connectivity index (χ3n) is 2.84. The second-order valence-electron chi connectivity index (χ2n) is 4.21. The highest BCUT2D eigenvalue weighted by Gasteiger charge is 2.18. The lowest BCUT2D eigenvalue weighted by Crippen LogP contribution is -2.36. The summed E-state index contributed by atoms with van der Waals surface area (Å²) in [7, 11) is 3.24. The largest absolute Gasteiger partial charge is 0.493 e. The Morgan fingerprint density at radius 2 is 1.70 bits per heavy atom. The van der Waals surface area contributed by atoms with Crippen LogP contribution in [0.3, 0.4) is 0 Å². The van der Waals surface area contributed by atoms with Gasteiger partial charge in [0.15, 0.2) is 0 Å². The molecule has 0 aliphatic carbocycles. The number of nitrogens with zero attached hydrogens (tertiary/aromatic N) is 1. The first-order chi connectivity index (χ1) is 9.74. The molecule has 0 spiro atoms. The van der Waals surface area contributed by atoms with E-state index in [1.807, 2.05) is 25.1 Å². The Morgan fingerprint density at radius 3 is 2.25 bits per heavy atom. The molecule has 1 aromatic carbocycles. The molecule has 5 heteroatoms. The number of benzene rings is 1. The van der Waals surface area contributed by atoms with Crippen molar-refractivity contribution >= 4 is 5.91 Å². The number of para-hydroxylation sites is 1. The Bertz CT molecular complexity index is 401. The zero-order valence-electron chi connectivity index (χ0n) is 12.4. The van der Waals surface area contributed by atoms with Gasteiger partial charge in [0.25, 0.3) is 5.91 Å². The first-order valence-electron chi connectivity index (χ1n) is 6.73. The molecule has 0 radical (unpaired) electrons. The second-order valence-corrected chi connectivity index (χ2v) is 4.21. The van der Waals surface area contributed by atoms with Gasteiger partial charge in [-0.2, -0.15) is 0 Å². The fourth-order valence-corrected chi connectivity index (χ4v) is 1.81. The minimum atomic E-state index is -0.0665. The van der Waals surface area contributed by atoms with Crippen molar-refractivity contribution in [3.63, 3.8) is 0 Å². The highest BCUT2D eigenvalue weighted by Crippen LogP contribution is 2.19. The van der Waals surface area contributed by atoms with E-state index >= 15 is 0 Å². The average Bonchev–Trinajstić information content (AvgIpc) is 2.48. The van der Waals surface area contributed by atoms with Crippen LogP contribution in [0.2, 0.25) is 0 Å². The summed E-state index contributed by atoms with van der Waals surface area (Å²) in [6.07, 6.45) is 0. The lowest BCUT2D eigenvalue weighted by atomic mass is 10.1. The van der Waals surface area contributed by atoms with Crippen LogP contribution in [0, 0.1) is 0 Å². The SMILES string of the molecule is CCOc1ccccc1C(=O)N(CCOC)CCOC. The molecule has 20 heavy (non-hydrogen) atoms. The highest BCUT2D eigenvalue weighted by atomic mass is 16.5. The Kier molecular flexibility index (Phi) is 7.69. The van der Waals surface area contributed by atoms with Gasteiger partial charge in [-0.1, -0.05) is 12.1 Å². The summed E-state index contributed by atoms with van der Waals surface area (Å²) in [5, 5.41) is 0. The molecule has 0 atom stereocenters. The van der Waals surface area contributed by atoms with Crippen molar-refractivity contribution in [2.24, 2.45) is 0 Å². The molecular formula is C15H23NO4. The standard InChI is InChI=1S/C15H23NO4/c1-4-20-14-8-6-5-7-13(14)15(17)16(9-11-18-2)10-12-19-3/h5-8H,4,9-12H2,1-3H3. The van der Waals surface area contributed by atoms with E-state index in [1.165, 1.54) is 0 Å². The molecule has 5 nitrogen and oxygen atoms in total. The number of methoxy groups -OCH3 is 2. The van der Waals surface area contributed by atoms with Gasteiger partial charge in [0.05, 0.1) is 25.4 Å². The molecule has 0 unspecified atom stereocenters. The Labute approximate surface area is 120 Å². The molecule has 0 aliphatic heterocycles. The van der Waals surface area contributed by atoms with E-state index in [9.17, 15) is 4.79 Å². The van der Waals surface area contributed by atoms with Crippen LogP contribution in [0.4, 0.5) is 0 Å². The predicted octanol–water partition coefficient (Wildman–Crippen LogP) is 1.82. The molecule has 1 rings (SSSR count). The van der Waals surface area contributed by atoms with Crippen LogP contribution in [0.25, 0.3) is 0 Å². The van der Waals surface area contributed by atoms with Crippen molar-refractivity contribution < 1.29 is 19.0 Å². The van der Waals surface area contributed by atoms with Gasteiger partial charge in [0.1, 0.15) is 5.75 Å². The third kappa shape index (κ3) is 4.83. The van der Waals surface area contributed by atoms with Crippen LogP contribution in [0.15, 0.2) is 24.3 Å². The number of hydrogen-bond acceptors (Lipinski definition) is 4. The van der Waals surface area contributed by atoms with Gasteiger partial charge in [-0.3, -0.25) is 4.79 Å². The summed E-state index contributed by atoms with van der Waals surface area (Å²) < 4.78 is 15.6. The molecule has 0 N–H and O–H groups in total. The average molecular weight is 281 g/mol. The number of carbonyl (C=O) groups is 1. The van der Waals surface area contributed by atoms with E-state index in [-0.39, 0.29) is 5.91 Å². The minimum absolute atomic E-state index is 0.0665. The maximum Gasteiger partial charge on any atom is 0.257 e. The Balaban J connectivity index is 2.86. The van der Waals surface area contributed by atoms with Crippen molar-refractivity contribution in [2.75, 3.05) is 47.1 Å². The highest BCUT2D eigenvalue weighted by molar-refractivity contribution is 5.96. The number of carbonyl (C=O) groups excluding carboxylic acids is 1. The summed E-state index contributed by atoms with van der Waals surface area (Å²) in [4.78, 5) is 14.3. The number of rotatable bonds is 9. The number of ether oxygens (including phenoxy) is 3. The van der Waals surface area contributed by atoms with Crippen LogP contribution in [-0.4, -0.2) is 57.9 Å². The van der Waals surface area contributed by atoms with Crippen LogP contribution in [-0.2, 0) is 9.47 Å². The normalized spacial score (nSPS) is 10.3. The Morgan fingerprint density at radius 1 is 1.10 bits per heavy atom. The van der Waals surface area contributed by atoms with Gasteiger partial charge in [-0.25, -0.2) is 0 Å². The maximum atomic E-state index is 12.6. The van der Waals surface area contributed by atoms with Gasteiger partial charge in [0.2, 0.25) is 0 Å². The lowest BCUT2D eigenvalue weighted by Gasteiger charge is -2.23. The van der Waals surface area contributed by atoms with E-state index in [0.29, 0.717) is 44.2 Å². The van der Waals surface area contributed by atoms with Gasteiger partial charge in [-0.05, 0) is 19.1 Å². The quantitative estimate of drug-likeness (QED) is 0.693. The second kappa shape index (κ2) is 9.34. The molecule has 0 heterocycles. The lowest BCUT2D eigenvalue weighted by molar-refractivity contribution is 0.0623. The smallest absolute Gasteiger partial charge is 0.257 e. The van der Waals surface area contributed by atoms with Crippen LogP contribution in [0.1, 0.15) is 17.3 Å². The van der Waals surface area contributed by atoms with Crippen LogP contribution in [0.5, 0.6) is 5.75 Å². The topological polar surface area (TPSA) is 48.0 Å². The van der Waals surface area contributed by atoms with Crippen LogP contribution < -0.4 is 4.74 Å². The zero-order chi connectivity index (χ0) is 14.8. The molecule has 0 saturated heterocycles. The van der Waals surface area contributed by atoms with E-state index < -0.39 is 0 Å². The number of amides is 1. The zero-order valence-corrected chi connectivity index (χ0v) is 12.4. The first kappa shape index (κ1) is 16.5. The van der Waals surface area contributed by atoms with Crippen molar-refractivity contribution in [3.8, 4) is 5.75 Å². The minimum Gasteiger partial charge on any atom is -0.493 e. The van der Waals surface area contributed by atoms with Crippen molar-refractivity contribution in [1.82, 2.24) is 4.90 Å². The molecule has 0 aromatic heterocycles. The monoisotopic (exact) mass is 281 g/mol. The van der Waals surface area contributed by atoms with Gasteiger partial charge in [-0.15, -0.1) is 0 Å². The Hall–Kier alpha value is -1.59. The molecule has 0 fully saturated rings. The molecule has 0 aliphatic rings. The van der Waals surface area contributed by atoms with Crippen molar-refractivity contribution in [2.45, 2.75) is 6.92 Å². The van der Waals surface area contributed by atoms with Gasteiger partial charge < -0.3 is 19.1 Å². The molecule has 1 amide bonds. The summed E-state index contributed by atoms with van der Waals surface area (Å²) in [5.74, 6) is 0.544. The van der Waals surface area contributed by atoms with E-state index in [1.54, 1.807) is 25.2 Å². The fraction of sp³-hybridized carbons (Fsp3) is 0.533. The summed E-state index contributed by atoms with van der Waals surface area (Å²) in [6, 6.07) is 7.28. The van der Waals surface area contributed by atoms with Crippen molar-refractivity contribution in [1.29, 1.82) is 0 Å². The number of hydrogen-bond donors (Lipinski definition) is 0. The van der Waals surface area contributed by atoms with Gasteiger partial charge in [0, 0.05) is 27.3 Å². The maximum absolute atomic E-state index is 12.6. The summed E-state index contributed by atoms with van der Waals surface area (Å²) >= 11 is 0. The van der Waals surface area contributed by atoms with Crippen LogP contribution >= 0.6 is 0 Å².